The summed E-state index contributed by atoms with van der Waals surface area (Å²) in [5.74, 6) is 0.530. The van der Waals surface area contributed by atoms with Crippen molar-refractivity contribution < 1.29 is 9.09 Å². The minimum absolute atomic E-state index is 0.530. The highest BCUT2D eigenvalue weighted by Crippen LogP contribution is 2.62. The predicted octanol–water partition coefficient (Wildman–Crippen LogP) is 5.75. The first-order chi connectivity index (χ1) is 12.7. The molecule has 1 atom stereocenters. The highest BCUT2D eigenvalue weighted by atomic mass is 31.2. The average molecular weight is 358 g/mol. The first-order valence-electron chi connectivity index (χ1n) is 8.13. The summed E-state index contributed by atoms with van der Waals surface area (Å²) in [6.45, 7) is 0. The normalized spacial score (nSPS) is 18.0. The summed E-state index contributed by atoms with van der Waals surface area (Å²) < 4.78 is 19.7. The average Bonchev–Trinajstić information content (AvgIpc) is 2.68. The zero-order chi connectivity index (χ0) is 18.0. The molecule has 0 aromatic heterocycles. The van der Waals surface area contributed by atoms with Crippen molar-refractivity contribution in [3.8, 4) is 11.8 Å². The van der Waals surface area contributed by atoms with Gasteiger partial charge in [0.05, 0.1) is 16.9 Å². The Morgan fingerprint density at radius 2 is 1.58 bits per heavy atom. The second-order valence-electron chi connectivity index (χ2n) is 5.87. The number of nitrogens with one attached hydrogen (secondary N) is 1. The predicted molar refractivity (Wildman–Crippen MR) is 104 cm³/mol. The molecule has 0 aliphatic carbocycles. The van der Waals surface area contributed by atoms with Crippen LogP contribution in [-0.2, 0) is 4.57 Å². The van der Waals surface area contributed by atoms with Crippen LogP contribution in [0.25, 0.3) is 11.4 Å². The van der Waals surface area contributed by atoms with Gasteiger partial charge in [0.2, 0.25) is 0 Å². The van der Waals surface area contributed by atoms with E-state index in [1.54, 1.807) is 36.4 Å². The summed E-state index contributed by atoms with van der Waals surface area (Å²) in [5, 5.41) is 12.7. The van der Waals surface area contributed by atoms with E-state index in [2.05, 4.69) is 11.2 Å². The molecular weight excluding hydrogens is 343 g/mol. The number of anilines is 1. The van der Waals surface area contributed by atoms with Crippen molar-refractivity contribution in [2.45, 2.75) is 0 Å². The van der Waals surface area contributed by atoms with Crippen molar-refractivity contribution in [2.24, 2.45) is 0 Å². The minimum Gasteiger partial charge on any atom is -0.426 e. The lowest BCUT2D eigenvalue weighted by Crippen LogP contribution is -2.10. The van der Waals surface area contributed by atoms with E-state index in [4.69, 9.17) is 9.79 Å². The Morgan fingerprint density at radius 3 is 2.31 bits per heavy atom. The highest BCUT2D eigenvalue weighted by Gasteiger charge is 2.35. The van der Waals surface area contributed by atoms with Crippen molar-refractivity contribution in [3.63, 3.8) is 0 Å². The second-order valence-corrected chi connectivity index (χ2v) is 7.86. The molecule has 1 heterocycles. The lowest BCUT2D eigenvalue weighted by molar-refractivity contribution is 0.498. The van der Waals surface area contributed by atoms with E-state index >= 15 is 0 Å². The van der Waals surface area contributed by atoms with E-state index in [-0.39, 0.29) is 0 Å². The molecular formula is C21H15N2O2P. The Hall–Kier alpha value is -3.28. The van der Waals surface area contributed by atoms with Crippen LogP contribution >= 0.6 is 7.52 Å². The molecule has 0 saturated heterocycles. The maximum Gasteiger partial charge on any atom is 0.372 e. The van der Waals surface area contributed by atoms with Crippen LogP contribution in [0, 0.1) is 11.3 Å². The van der Waals surface area contributed by atoms with Gasteiger partial charge in [-0.25, -0.2) is 4.57 Å². The molecule has 0 amide bonds. The third kappa shape index (κ3) is 3.01. The number of hydrogen-bond acceptors (Lipinski definition) is 3. The first-order valence-corrected chi connectivity index (χ1v) is 9.75. The minimum atomic E-state index is -3.40. The molecule has 3 aromatic carbocycles. The van der Waals surface area contributed by atoms with Crippen molar-refractivity contribution >= 4 is 24.6 Å². The molecule has 1 aliphatic heterocycles. The van der Waals surface area contributed by atoms with Gasteiger partial charge in [0, 0.05) is 5.69 Å². The Kier molecular flexibility index (Phi) is 4.08. The molecule has 0 saturated carbocycles. The van der Waals surface area contributed by atoms with Gasteiger partial charge in [-0.3, -0.25) is 0 Å². The van der Waals surface area contributed by atoms with Gasteiger partial charge in [-0.2, -0.15) is 5.26 Å². The molecule has 4 rings (SSSR count). The van der Waals surface area contributed by atoms with Crippen LogP contribution in [0.1, 0.15) is 16.7 Å². The van der Waals surface area contributed by atoms with Gasteiger partial charge in [0.25, 0.3) is 0 Å². The van der Waals surface area contributed by atoms with E-state index in [0.29, 0.717) is 16.6 Å². The fraction of sp³-hybridized carbons (Fsp3) is 0. The summed E-state index contributed by atoms with van der Waals surface area (Å²) in [6, 6.07) is 25.9. The fourth-order valence-corrected chi connectivity index (χ4v) is 4.85. The lowest BCUT2D eigenvalue weighted by Gasteiger charge is -2.28. The zero-order valence-electron chi connectivity index (χ0n) is 13.8. The second kappa shape index (κ2) is 6.55. The van der Waals surface area contributed by atoms with Crippen molar-refractivity contribution in [2.75, 3.05) is 5.09 Å². The summed E-state index contributed by atoms with van der Waals surface area (Å²) >= 11 is 0. The summed E-state index contributed by atoms with van der Waals surface area (Å²) in [5.41, 5.74) is 3.02. The Balaban J connectivity index is 1.83. The standard InChI is InChI=1S/C21H15N2O2P/c22-15-16-10-12-17(13-11-16)21-14-18-6-4-5-9-20(18)23-26(21,24)25-19-7-2-1-3-8-19/h1-14H,(H,23,24). The third-order valence-electron chi connectivity index (χ3n) is 4.12. The Morgan fingerprint density at radius 1 is 0.885 bits per heavy atom. The Labute approximate surface area is 151 Å². The molecule has 0 bridgehead atoms. The van der Waals surface area contributed by atoms with Crippen LogP contribution in [0.5, 0.6) is 5.75 Å². The van der Waals surface area contributed by atoms with Crippen molar-refractivity contribution in [3.05, 3.63) is 95.6 Å². The molecule has 0 spiro atoms. The molecule has 0 radical (unpaired) electrons. The van der Waals surface area contributed by atoms with E-state index in [0.717, 1.165) is 16.8 Å². The smallest absolute Gasteiger partial charge is 0.372 e. The van der Waals surface area contributed by atoms with Gasteiger partial charge in [0.1, 0.15) is 5.75 Å². The molecule has 5 heteroatoms. The number of fused-ring (bicyclic) bond motifs is 1. The molecule has 0 fully saturated rings. The number of nitriles is 1. The molecule has 1 aliphatic rings. The molecule has 1 unspecified atom stereocenters. The SMILES string of the molecule is N#Cc1ccc(C2=Cc3ccccc3NP2(=O)Oc2ccccc2)cc1. The summed E-state index contributed by atoms with van der Waals surface area (Å²) in [7, 11) is -3.40. The van der Waals surface area contributed by atoms with Gasteiger partial charge in [-0.05, 0) is 47.5 Å². The van der Waals surface area contributed by atoms with Crippen LogP contribution in [0.3, 0.4) is 0 Å². The number of benzene rings is 3. The Bertz CT molecular complexity index is 1070. The van der Waals surface area contributed by atoms with Crippen molar-refractivity contribution in [1.82, 2.24) is 0 Å². The molecule has 126 valence electrons. The number of nitrogens with zero attached hydrogens (tertiary/aromatic N) is 1. The third-order valence-corrected chi connectivity index (χ3v) is 6.15. The maximum absolute atomic E-state index is 13.8. The van der Waals surface area contributed by atoms with Crippen LogP contribution in [0.4, 0.5) is 5.69 Å². The van der Waals surface area contributed by atoms with Gasteiger partial charge < -0.3 is 9.61 Å². The van der Waals surface area contributed by atoms with E-state index in [9.17, 15) is 4.57 Å². The maximum atomic E-state index is 13.8. The summed E-state index contributed by atoms with van der Waals surface area (Å²) in [4.78, 5) is 0. The topological polar surface area (TPSA) is 62.1 Å². The van der Waals surface area contributed by atoms with Crippen LogP contribution < -0.4 is 9.61 Å². The van der Waals surface area contributed by atoms with Crippen LogP contribution in [-0.4, -0.2) is 0 Å². The number of para-hydroxylation sites is 2. The number of hydrogen-bond donors (Lipinski definition) is 1. The van der Waals surface area contributed by atoms with E-state index < -0.39 is 7.52 Å². The summed E-state index contributed by atoms with van der Waals surface area (Å²) in [6.07, 6.45) is 1.89. The van der Waals surface area contributed by atoms with Gasteiger partial charge >= 0.3 is 7.52 Å². The molecule has 3 aromatic rings. The highest BCUT2D eigenvalue weighted by molar-refractivity contribution is 7.72. The van der Waals surface area contributed by atoms with Crippen LogP contribution in [0.2, 0.25) is 0 Å². The largest absolute Gasteiger partial charge is 0.426 e. The zero-order valence-corrected chi connectivity index (χ0v) is 14.7. The fourth-order valence-electron chi connectivity index (χ4n) is 2.85. The molecule has 1 N–H and O–H groups in total. The van der Waals surface area contributed by atoms with Crippen LogP contribution in [0.15, 0.2) is 78.9 Å². The van der Waals surface area contributed by atoms with E-state index in [1.165, 1.54) is 0 Å². The van der Waals surface area contributed by atoms with Gasteiger partial charge in [0.15, 0.2) is 0 Å². The molecule has 4 nitrogen and oxygen atoms in total. The number of rotatable bonds is 3. The van der Waals surface area contributed by atoms with Gasteiger partial charge in [-0.15, -0.1) is 0 Å². The first kappa shape index (κ1) is 16.2. The monoisotopic (exact) mass is 358 g/mol. The van der Waals surface area contributed by atoms with Crippen molar-refractivity contribution in [1.29, 1.82) is 5.26 Å². The van der Waals surface area contributed by atoms with Gasteiger partial charge in [-0.1, -0.05) is 48.5 Å². The molecule has 26 heavy (non-hydrogen) atoms. The van der Waals surface area contributed by atoms with E-state index in [1.807, 2.05) is 48.5 Å². The quantitative estimate of drug-likeness (QED) is 0.605. The lowest BCUT2D eigenvalue weighted by atomic mass is 10.1.